The molecule has 0 fully saturated rings. The van der Waals surface area contributed by atoms with Crippen molar-refractivity contribution in [3.05, 3.63) is 71.8 Å². The summed E-state index contributed by atoms with van der Waals surface area (Å²) in [5, 5.41) is -0.148. The molecule has 0 spiro atoms. The molecule has 2 rings (SSSR count). The summed E-state index contributed by atoms with van der Waals surface area (Å²) in [6.45, 7) is 11.0. The van der Waals surface area contributed by atoms with Gasteiger partial charge in [0.05, 0.1) is 13.2 Å². The molecular weight excluding hydrogens is 488 g/mol. The van der Waals surface area contributed by atoms with Crippen LogP contribution in [0.4, 0.5) is 0 Å². The molecule has 0 saturated carbocycles. The fourth-order valence-corrected chi connectivity index (χ4v) is 5.01. The maximum absolute atomic E-state index is 12.3. The standard InChI is InChI=1S/C29H42O7Si/c1-29(2,3)37(6,7)36-28(26(32-4)24(18-30)34-20-22-14-10-8-11-15-22)27(33-5)25(19-31)35-21-23-16-12-9-13-17-23/h8-19,24-28H,20-21H2,1-7H3/t24-,25+,26+,27-,28?. The molecule has 0 N–H and O–H groups in total. The van der Waals surface area contributed by atoms with Crippen LogP contribution in [0, 0.1) is 0 Å². The van der Waals surface area contributed by atoms with E-state index in [2.05, 4.69) is 33.9 Å². The molecule has 2 aromatic rings. The van der Waals surface area contributed by atoms with Crippen molar-refractivity contribution in [2.45, 2.75) is 82.6 Å². The summed E-state index contributed by atoms with van der Waals surface area (Å²) in [6, 6.07) is 19.2. The lowest BCUT2D eigenvalue weighted by atomic mass is 9.99. The van der Waals surface area contributed by atoms with Crippen molar-refractivity contribution in [3.63, 3.8) is 0 Å². The van der Waals surface area contributed by atoms with Gasteiger partial charge in [0.15, 0.2) is 20.9 Å². The van der Waals surface area contributed by atoms with Crippen molar-refractivity contribution in [1.82, 2.24) is 0 Å². The Kier molecular flexibility index (Phi) is 12.3. The van der Waals surface area contributed by atoms with Crippen LogP contribution in [0.5, 0.6) is 0 Å². The summed E-state index contributed by atoms with van der Waals surface area (Å²) >= 11 is 0. The molecule has 0 aliphatic rings. The zero-order chi connectivity index (χ0) is 27.5. The topological polar surface area (TPSA) is 80.3 Å². The molecule has 0 radical (unpaired) electrons. The highest BCUT2D eigenvalue weighted by atomic mass is 28.4. The third kappa shape index (κ3) is 8.95. The molecular formula is C29H42O7Si. The third-order valence-electron chi connectivity index (χ3n) is 6.92. The van der Waals surface area contributed by atoms with Gasteiger partial charge in [-0.25, -0.2) is 0 Å². The number of hydrogen-bond donors (Lipinski definition) is 0. The number of carbonyl (C=O) groups excluding carboxylic acids is 2. The fourth-order valence-electron chi connectivity index (χ4n) is 3.70. The molecule has 37 heavy (non-hydrogen) atoms. The van der Waals surface area contributed by atoms with Crippen molar-refractivity contribution < 1.29 is 33.0 Å². The molecule has 204 valence electrons. The number of rotatable bonds is 16. The molecule has 5 atom stereocenters. The highest BCUT2D eigenvalue weighted by molar-refractivity contribution is 6.74. The fraction of sp³-hybridized carbons (Fsp3) is 0.517. The first-order chi connectivity index (χ1) is 17.6. The Labute approximate surface area is 222 Å². The highest BCUT2D eigenvalue weighted by Crippen LogP contribution is 2.39. The van der Waals surface area contributed by atoms with Crippen molar-refractivity contribution in [1.29, 1.82) is 0 Å². The van der Waals surface area contributed by atoms with Crippen molar-refractivity contribution in [2.75, 3.05) is 14.2 Å². The Morgan fingerprint density at radius 1 is 0.703 bits per heavy atom. The molecule has 1 unspecified atom stereocenters. The van der Waals surface area contributed by atoms with Gasteiger partial charge in [-0.3, -0.25) is 0 Å². The van der Waals surface area contributed by atoms with E-state index in [1.165, 1.54) is 14.2 Å². The van der Waals surface area contributed by atoms with Gasteiger partial charge in [0, 0.05) is 14.2 Å². The van der Waals surface area contributed by atoms with Crippen LogP contribution in [0.2, 0.25) is 18.1 Å². The number of methoxy groups -OCH3 is 2. The smallest absolute Gasteiger partial charge is 0.192 e. The number of carbonyl (C=O) groups is 2. The van der Waals surface area contributed by atoms with Crippen LogP contribution in [-0.2, 0) is 46.2 Å². The third-order valence-corrected chi connectivity index (χ3v) is 11.4. The SMILES string of the molecule is CO[C@H](C(O[Si](C)(C)C(C)(C)C)[C@H](OC)[C@H](C=O)OCc1ccccc1)[C@@H](C=O)OCc1ccccc1. The Morgan fingerprint density at radius 3 is 1.38 bits per heavy atom. The van der Waals surface area contributed by atoms with Gasteiger partial charge < -0.3 is 33.0 Å². The van der Waals surface area contributed by atoms with Gasteiger partial charge in [0.2, 0.25) is 0 Å². The Bertz CT molecular complexity index is 867. The lowest BCUT2D eigenvalue weighted by molar-refractivity contribution is -0.173. The lowest BCUT2D eigenvalue weighted by Crippen LogP contribution is -2.58. The molecule has 0 heterocycles. The first kappa shape index (κ1) is 31.0. The maximum Gasteiger partial charge on any atom is 0.192 e. The minimum Gasteiger partial charge on any atom is -0.408 e. The van der Waals surface area contributed by atoms with Crippen molar-refractivity contribution >= 4 is 20.9 Å². The summed E-state index contributed by atoms with van der Waals surface area (Å²) in [5.74, 6) is 0. The van der Waals surface area contributed by atoms with Gasteiger partial charge in [0.1, 0.15) is 30.5 Å². The molecule has 0 aliphatic carbocycles. The molecule has 0 aromatic heterocycles. The van der Waals surface area contributed by atoms with Crippen LogP contribution in [0.1, 0.15) is 31.9 Å². The average molecular weight is 531 g/mol. The summed E-state index contributed by atoms with van der Waals surface area (Å²) < 4.78 is 30.5. The second-order valence-corrected chi connectivity index (χ2v) is 15.3. The number of ether oxygens (including phenoxy) is 4. The van der Waals surface area contributed by atoms with Crippen LogP contribution in [-0.4, -0.2) is 65.6 Å². The first-order valence-corrected chi connectivity index (χ1v) is 15.4. The second kappa shape index (κ2) is 14.7. The van der Waals surface area contributed by atoms with Crippen LogP contribution in [0.15, 0.2) is 60.7 Å². The Balaban J connectivity index is 2.38. The maximum atomic E-state index is 12.3. The predicted molar refractivity (Wildman–Crippen MR) is 146 cm³/mol. The summed E-state index contributed by atoms with van der Waals surface area (Å²) in [7, 11) is 0.585. The first-order valence-electron chi connectivity index (χ1n) is 12.5. The van der Waals surface area contributed by atoms with Gasteiger partial charge >= 0.3 is 0 Å². The van der Waals surface area contributed by atoms with Gasteiger partial charge in [-0.15, -0.1) is 0 Å². The minimum absolute atomic E-state index is 0.148. The monoisotopic (exact) mass is 530 g/mol. The zero-order valence-corrected chi connectivity index (χ0v) is 24.1. The van der Waals surface area contributed by atoms with Gasteiger partial charge in [-0.1, -0.05) is 81.4 Å². The molecule has 0 bridgehead atoms. The van der Waals surface area contributed by atoms with E-state index in [1.807, 2.05) is 60.7 Å². The van der Waals surface area contributed by atoms with E-state index in [0.29, 0.717) is 12.6 Å². The van der Waals surface area contributed by atoms with Crippen molar-refractivity contribution in [3.8, 4) is 0 Å². The van der Waals surface area contributed by atoms with E-state index < -0.39 is 38.8 Å². The van der Waals surface area contributed by atoms with E-state index in [-0.39, 0.29) is 18.3 Å². The molecule has 8 heteroatoms. The largest absolute Gasteiger partial charge is 0.408 e. The van der Waals surface area contributed by atoms with Crippen LogP contribution >= 0.6 is 0 Å². The Hall–Kier alpha value is -2.20. The molecule has 2 aromatic carbocycles. The normalized spacial score (nSPS) is 16.4. The van der Waals surface area contributed by atoms with Gasteiger partial charge in [0.25, 0.3) is 0 Å². The van der Waals surface area contributed by atoms with E-state index in [1.54, 1.807) is 0 Å². The zero-order valence-electron chi connectivity index (χ0n) is 23.1. The quantitative estimate of drug-likeness (QED) is 0.224. The lowest BCUT2D eigenvalue weighted by Gasteiger charge is -2.44. The van der Waals surface area contributed by atoms with Crippen molar-refractivity contribution in [2.24, 2.45) is 0 Å². The number of hydrogen-bond acceptors (Lipinski definition) is 7. The minimum atomic E-state index is -2.42. The van der Waals surface area contributed by atoms with E-state index in [9.17, 15) is 9.59 Å². The summed E-state index contributed by atoms with van der Waals surface area (Å²) in [5.41, 5.74) is 1.85. The number of aldehydes is 2. The molecule has 0 amide bonds. The molecule has 0 aliphatic heterocycles. The van der Waals surface area contributed by atoms with Crippen LogP contribution < -0.4 is 0 Å². The Morgan fingerprint density at radius 2 is 1.08 bits per heavy atom. The van der Waals surface area contributed by atoms with E-state index in [0.717, 1.165) is 11.1 Å². The van der Waals surface area contributed by atoms with Crippen LogP contribution in [0.25, 0.3) is 0 Å². The predicted octanol–water partition coefficient (Wildman–Crippen LogP) is 4.98. The van der Waals surface area contributed by atoms with Crippen LogP contribution in [0.3, 0.4) is 0 Å². The van der Waals surface area contributed by atoms with Gasteiger partial charge in [-0.2, -0.15) is 0 Å². The van der Waals surface area contributed by atoms with Gasteiger partial charge in [-0.05, 0) is 29.3 Å². The summed E-state index contributed by atoms with van der Waals surface area (Å²) in [4.78, 5) is 24.5. The summed E-state index contributed by atoms with van der Waals surface area (Å²) in [6.07, 6.45) is -2.99. The van der Waals surface area contributed by atoms with E-state index in [4.69, 9.17) is 23.4 Å². The molecule has 0 saturated heterocycles. The number of benzene rings is 2. The molecule has 7 nitrogen and oxygen atoms in total. The second-order valence-electron chi connectivity index (χ2n) is 10.5. The van der Waals surface area contributed by atoms with E-state index >= 15 is 0 Å². The average Bonchev–Trinajstić information content (AvgIpc) is 2.88. The highest BCUT2D eigenvalue weighted by Gasteiger charge is 2.47.